The minimum atomic E-state index is -0.698. The number of nitrogen functional groups attached to an aromatic ring is 1. The first-order valence-electron chi connectivity index (χ1n) is 6.36. The van der Waals surface area contributed by atoms with Gasteiger partial charge in [0.25, 0.3) is 5.56 Å². The number of carbonyl (C=O) groups excluding carboxylic acids is 1. The molecular formula is C12H16N6O3S. The lowest BCUT2D eigenvalue weighted by atomic mass is 10.1. The lowest BCUT2D eigenvalue weighted by molar-refractivity contribution is 0.0992. The summed E-state index contributed by atoms with van der Waals surface area (Å²) in [5, 5.41) is 7.55. The van der Waals surface area contributed by atoms with Crippen LogP contribution in [-0.2, 0) is 21.1 Å². The Kier molecular flexibility index (Phi) is 4.22. The highest BCUT2D eigenvalue weighted by atomic mass is 32.2. The maximum atomic E-state index is 12.6. The molecule has 0 aliphatic heterocycles. The predicted molar refractivity (Wildman–Crippen MR) is 82.0 cm³/mol. The Bertz CT molecular complexity index is 850. The molecule has 0 fully saturated rings. The molecule has 2 rings (SSSR count). The molecule has 0 aliphatic carbocycles. The molecule has 2 N–H and O–H groups in total. The van der Waals surface area contributed by atoms with Gasteiger partial charge in [-0.3, -0.25) is 18.7 Å². The summed E-state index contributed by atoms with van der Waals surface area (Å²) in [4.78, 5) is 36.5. The van der Waals surface area contributed by atoms with Crippen molar-refractivity contribution >= 4 is 23.4 Å². The monoisotopic (exact) mass is 324 g/mol. The maximum Gasteiger partial charge on any atom is 0.332 e. The molecule has 0 bridgehead atoms. The summed E-state index contributed by atoms with van der Waals surface area (Å²) in [6, 6.07) is 0. The molecule has 0 spiro atoms. The van der Waals surface area contributed by atoms with Gasteiger partial charge in [0, 0.05) is 21.1 Å². The molecule has 0 amide bonds. The number of nitrogens with zero attached hydrogens (tertiary/aromatic N) is 5. The van der Waals surface area contributed by atoms with Crippen molar-refractivity contribution in [1.82, 2.24) is 23.9 Å². The number of thioether (sulfide) groups is 1. The number of aryl methyl sites for hydroxylation is 1. The molecular weight excluding hydrogens is 308 g/mol. The number of Topliss-reactive ketones (excluding diaryl/α,β-unsaturated/α-hetero) is 1. The zero-order valence-corrected chi connectivity index (χ0v) is 13.4. The average Bonchev–Trinajstić information content (AvgIpc) is 2.88. The van der Waals surface area contributed by atoms with Gasteiger partial charge in [-0.2, -0.15) is 0 Å². The van der Waals surface area contributed by atoms with Gasteiger partial charge in [-0.15, -0.1) is 10.2 Å². The van der Waals surface area contributed by atoms with Crippen LogP contribution in [0.4, 0.5) is 5.82 Å². The number of anilines is 1. The van der Waals surface area contributed by atoms with Gasteiger partial charge in [-0.25, -0.2) is 4.79 Å². The molecule has 2 heterocycles. The summed E-state index contributed by atoms with van der Waals surface area (Å²) in [6.45, 7) is 1.64. The van der Waals surface area contributed by atoms with Crippen LogP contribution in [-0.4, -0.2) is 34.9 Å². The van der Waals surface area contributed by atoms with Gasteiger partial charge in [0.15, 0.2) is 10.9 Å². The van der Waals surface area contributed by atoms with Crippen LogP contribution in [0.15, 0.2) is 21.1 Å². The molecule has 9 nitrogen and oxygen atoms in total. The Morgan fingerprint density at radius 3 is 2.45 bits per heavy atom. The smallest absolute Gasteiger partial charge is 0.332 e. The van der Waals surface area contributed by atoms with E-state index >= 15 is 0 Å². The quantitative estimate of drug-likeness (QED) is 0.575. The van der Waals surface area contributed by atoms with Crippen LogP contribution in [0.5, 0.6) is 0 Å². The normalized spacial score (nSPS) is 12.4. The second-order valence-corrected chi connectivity index (χ2v) is 6.12. The summed E-state index contributed by atoms with van der Waals surface area (Å²) in [5.41, 5.74) is 4.32. The van der Waals surface area contributed by atoms with Gasteiger partial charge in [-0.1, -0.05) is 11.8 Å². The van der Waals surface area contributed by atoms with E-state index in [9.17, 15) is 14.4 Å². The highest BCUT2D eigenvalue weighted by molar-refractivity contribution is 8.00. The molecule has 22 heavy (non-hydrogen) atoms. The molecule has 0 saturated carbocycles. The molecule has 0 aromatic carbocycles. The first-order chi connectivity index (χ1) is 10.3. The molecule has 118 valence electrons. The van der Waals surface area contributed by atoms with E-state index in [0.29, 0.717) is 5.16 Å². The van der Waals surface area contributed by atoms with E-state index in [-0.39, 0.29) is 11.4 Å². The minimum Gasteiger partial charge on any atom is -0.384 e. The Morgan fingerprint density at radius 1 is 1.27 bits per heavy atom. The van der Waals surface area contributed by atoms with Crippen LogP contribution in [0.3, 0.4) is 0 Å². The van der Waals surface area contributed by atoms with Gasteiger partial charge in [0.1, 0.15) is 17.7 Å². The molecule has 10 heteroatoms. The molecule has 1 unspecified atom stereocenters. The van der Waals surface area contributed by atoms with Crippen molar-refractivity contribution in [3.05, 3.63) is 32.7 Å². The number of ketones is 1. The molecule has 2 aromatic rings. The Morgan fingerprint density at radius 2 is 1.91 bits per heavy atom. The fraction of sp³-hybridized carbons (Fsp3) is 0.417. The van der Waals surface area contributed by atoms with Crippen molar-refractivity contribution in [2.24, 2.45) is 21.1 Å². The summed E-state index contributed by atoms with van der Waals surface area (Å²) in [6.07, 6.45) is 1.51. The van der Waals surface area contributed by atoms with Crippen LogP contribution < -0.4 is 17.0 Å². The van der Waals surface area contributed by atoms with Crippen LogP contribution in [0.25, 0.3) is 0 Å². The van der Waals surface area contributed by atoms with E-state index in [4.69, 9.17) is 5.73 Å². The van der Waals surface area contributed by atoms with Crippen LogP contribution in [0, 0.1) is 0 Å². The summed E-state index contributed by atoms with van der Waals surface area (Å²) in [7, 11) is 4.47. The van der Waals surface area contributed by atoms with E-state index in [2.05, 4.69) is 10.2 Å². The Labute approximate surface area is 129 Å². The van der Waals surface area contributed by atoms with Gasteiger partial charge in [-0.05, 0) is 6.92 Å². The number of carbonyl (C=O) groups is 1. The van der Waals surface area contributed by atoms with E-state index in [1.54, 1.807) is 18.5 Å². The molecule has 0 aliphatic rings. The number of aromatic nitrogens is 5. The van der Waals surface area contributed by atoms with Crippen molar-refractivity contribution in [2.45, 2.75) is 17.3 Å². The molecule has 2 aromatic heterocycles. The van der Waals surface area contributed by atoms with Crippen molar-refractivity contribution in [3.63, 3.8) is 0 Å². The summed E-state index contributed by atoms with van der Waals surface area (Å²) in [5.74, 6) is -0.592. The van der Waals surface area contributed by atoms with Crippen molar-refractivity contribution < 1.29 is 4.79 Å². The summed E-state index contributed by atoms with van der Waals surface area (Å²) < 4.78 is 3.61. The highest BCUT2D eigenvalue weighted by Gasteiger charge is 2.26. The van der Waals surface area contributed by atoms with Gasteiger partial charge in [0.2, 0.25) is 0 Å². The third-order valence-corrected chi connectivity index (χ3v) is 4.43. The van der Waals surface area contributed by atoms with Gasteiger partial charge >= 0.3 is 5.69 Å². The number of hydrogen-bond acceptors (Lipinski definition) is 7. The lowest BCUT2D eigenvalue weighted by Gasteiger charge is -2.13. The van der Waals surface area contributed by atoms with Crippen molar-refractivity contribution in [3.8, 4) is 0 Å². The lowest BCUT2D eigenvalue weighted by Crippen LogP contribution is -2.42. The van der Waals surface area contributed by atoms with E-state index in [1.807, 2.05) is 0 Å². The van der Waals surface area contributed by atoms with Gasteiger partial charge < -0.3 is 10.3 Å². The predicted octanol–water partition coefficient (Wildman–Crippen LogP) is -0.842. The zero-order valence-electron chi connectivity index (χ0n) is 12.6. The van der Waals surface area contributed by atoms with Crippen LogP contribution in [0.1, 0.15) is 17.3 Å². The average molecular weight is 324 g/mol. The first-order valence-corrected chi connectivity index (χ1v) is 7.24. The summed E-state index contributed by atoms with van der Waals surface area (Å²) >= 11 is 1.16. The Balaban J connectivity index is 2.44. The van der Waals surface area contributed by atoms with Crippen molar-refractivity contribution in [2.75, 3.05) is 5.73 Å². The molecule has 1 atom stereocenters. The van der Waals surface area contributed by atoms with E-state index in [1.165, 1.54) is 20.4 Å². The van der Waals surface area contributed by atoms with Crippen LogP contribution in [0.2, 0.25) is 0 Å². The van der Waals surface area contributed by atoms with Crippen LogP contribution >= 0.6 is 11.8 Å². The Hall–Kier alpha value is -2.36. The molecule has 0 radical (unpaired) electrons. The SMILES string of the molecule is CC(Sc1nncn1C)C(=O)c1c(N)n(C)c(=O)n(C)c1=O. The third kappa shape index (κ3) is 2.56. The number of hydrogen-bond donors (Lipinski definition) is 1. The standard InChI is InChI=1S/C12H16N6O3S/c1-6(22-11-15-14-5-16(11)2)8(19)7-9(13)17(3)12(21)18(4)10(7)20/h5-6H,13H2,1-4H3. The topological polar surface area (TPSA) is 118 Å². The van der Waals surface area contributed by atoms with Crippen molar-refractivity contribution in [1.29, 1.82) is 0 Å². The second-order valence-electron chi connectivity index (χ2n) is 4.81. The van der Waals surface area contributed by atoms with E-state index in [0.717, 1.165) is 20.9 Å². The van der Waals surface area contributed by atoms with Gasteiger partial charge in [0.05, 0.1) is 5.25 Å². The maximum absolute atomic E-state index is 12.6. The third-order valence-electron chi connectivity index (χ3n) is 3.28. The fourth-order valence-electron chi connectivity index (χ4n) is 1.89. The first kappa shape index (κ1) is 16.0. The number of rotatable bonds is 4. The second kappa shape index (κ2) is 5.79. The van der Waals surface area contributed by atoms with E-state index < -0.39 is 22.3 Å². The highest BCUT2D eigenvalue weighted by Crippen LogP contribution is 2.23. The zero-order chi connectivity index (χ0) is 16.6. The number of nitrogens with two attached hydrogens (primary N) is 1. The fourth-order valence-corrected chi connectivity index (χ4v) is 2.73. The molecule has 0 saturated heterocycles. The largest absolute Gasteiger partial charge is 0.384 e. The minimum absolute atomic E-state index is 0.136.